The first-order valence-electron chi connectivity index (χ1n) is 7.29. The molecule has 0 spiro atoms. The highest BCUT2D eigenvalue weighted by Gasteiger charge is 2.28. The molecule has 2 aromatic rings. The number of benzene rings is 1. The molecule has 22 heavy (non-hydrogen) atoms. The first kappa shape index (κ1) is 15.1. The van der Waals surface area contributed by atoms with Crippen LogP contribution in [0.5, 0.6) is 0 Å². The van der Waals surface area contributed by atoms with Crippen molar-refractivity contribution in [2.75, 3.05) is 13.1 Å². The number of amides is 1. The minimum absolute atomic E-state index is 0.0219. The maximum absolute atomic E-state index is 12.4. The maximum atomic E-state index is 12.4. The van der Waals surface area contributed by atoms with E-state index in [9.17, 15) is 9.59 Å². The summed E-state index contributed by atoms with van der Waals surface area (Å²) >= 11 is 3.44. The highest BCUT2D eigenvalue weighted by molar-refractivity contribution is 9.10. The van der Waals surface area contributed by atoms with Crippen molar-refractivity contribution in [3.8, 4) is 0 Å². The summed E-state index contributed by atoms with van der Waals surface area (Å²) in [5.41, 5.74) is 1.00. The zero-order chi connectivity index (χ0) is 15.7. The second-order valence-electron chi connectivity index (χ2n) is 5.66. The van der Waals surface area contributed by atoms with Crippen molar-refractivity contribution in [1.29, 1.82) is 0 Å². The first-order chi connectivity index (χ1) is 10.5. The number of piperidine rings is 1. The van der Waals surface area contributed by atoms with E-state index in [1.54, 1.807) is 4.90 Å². The van der Waals surface area contributed by atoms with E-state index in [4.69, 9.17) is 5.11 Å². The van der Waals surface area contributed by atoms with Gasteiger partial charge in [-0.25, -0.2) is 0 Å². The van der Waals surface area contributed by atoms with Crippen molar-refractivity contribution in [1.82, 2.24) is 9.47 Å². The standard InChI is InChI=1S/C16H17BrN2O3/c17-13-3-4-14-11(8-13)5-7-18(14)10-15(20)19-6-1-2-12(9-19)16(21)22/h3-5,7-8,12H,1-2,6,9-10H2,(H,21,22)/t12-/m0/s1. The van der Waals surface area contributed by atoms with E-state index in [0.717, 1.165) is 21.8 Å². The summed E-state index contributed by atoms with van der Waals surface area (Å²) in [5.74, 6) is -1.27. The van der Waals surface area contributed by atoms with Gasteiger partial charge >= 0.3 is 5.97 Å². The number of halogens is 1. The molecule has 1 amide bonds. The molecule has 1 aliphatic rings. The zero-order valence-electron chi connectivity index (χ0n) is 12.0. The van der Waals surface area contributed by atoms with Gasteiger partial charge in [0.15, 0.2) is 0 Å². The van der Waals surface area contributed by atoms with Crippen molar-refractivity contribution >= 4 is 38.7 Å². The van der Waals surface area contributed by atoms with Crippen LogP contribution in [0.1, 0.15) is 12.8 Å². The summed E-state index contributed by atoms with van der Waals surface area (Å²) in [6, 6.07) is 7.91. The molecule has 1 aromatic carbocycles. The summed E-state index contributed by atoms with van der Waals surface area (Å²) in [6.07, 6.45) is 3.30. The minimum atomic E-state index is -0.811. The Hall–Kier alpha value is -1.82. The molecule has 0 unspecified atom stereocenters. The van der Waals surface area contributed by atoms with Crippen LogP contribution in [-0.2, 0) is 16.1 Å². The number of fused-ring (bicyclic) bond motifs is 1. The van der Waals surface area contributed by atoms with Crippen molar-refractivity contribution in [2.45, 2.75) is 19.4 Å². The number of nitrogens with zero attached hydrogens (tertiary/aromatic N) is 2. The summed E-state index contributed by atoms with van der Waals surface area (Å²) in [4.78, 5) is 25.2. The number of hydrogen-bond donors (Lipinski definition) is 1. The minimum Gasteiger partial charge on any atom is -0.481 e. The van der Waals surface area contributed by atoms with Crippen LogP contribution >= 0.6 is 15.9 Å². The van der Waals surface area contributed by atoms with Gasteiger partial charge in [-0.3, -0.25) is 9.59 Å². The van der Waals surface area contributed by atoms with Gasteiger partial charge in [-0.1, -0.05) is 15.9 Å². The Labute approximate surface area is 136 Å². The molecule has 1 N–H and O–H groups in total. The van der Waals surface area contributed by atoms with Crippen molar-refractivity contribution in [3.05, 3.63) is 34.9 Å². The van der Waals surface area contributed by atoms with Crippen LogP contribution in [0.3, 0.4) is 0 Å². The quantitative estimate of drug-likeness (QED) is 0.910. The van der Waals surface area contributed by atoms with E-state index in [2.05, 4.69) is 15.9 Å². The topological polar surface area (TPSA) is 62.5 Å². The second-order valence-corrected chi connectivity index (χ2v) is 6.58. The number of aromatic nitrogens is 1. The predicted molar refractivity (Wildman–Crippen MR) is 86.6 cm³/mol. The van der Waals surface area contributed by atoms with Crippen LogP contribution in [-0.4, -0.2) is 39.5 Å². The van der Waals surface area contributed by atoms with Crippen LogP contribution in [0.4, 0.5) is 0 Å². The van der Waals surface area contributed by atoms with Gasteiger partial charge in [0.25, 0.3) is 0 Å². The maximum Gasteiger partial charge on any atom is 0.308 e. The third-order valence-corrected chi connectivity index (χ3v) is 4.66. The normalized spacial score (nSPS) is 18.6. The molecule has 5 nitrogen and oxygen atoms in total. The summed E-state index contributed by atoms with van der Waals surface area (Å²) in [7, 11) is 0. The largest absolute Gasteiger partial charge is 0.481 e. The average molecular weight is 365 g/mol. The summed E-state index contributed by atoms with van der Waals surface area (Å²) in [5, 5.41) is 10.2. The molecule has 116 valence electrons. The van der Waals surface area contributed by atoms with Crippen LogP contribution in [0, 0.1) is 5.92 Å². The first-order valence-corrected chi connectivity index (χ1v) is 8.09. The number of aliphatic carboxylic acids is 1. The van der Waals surface area contributed by atoms with Crippen molar-refractivity contribution in [3.63, 3.8) is 0 Å². The molecule has 0 bridgehead atoms. The van der Waals surface area contributed by atoms with Gasteiger partial charge in [-0.2, -0.15) is 0 Å². The highest BCUT2D eigenvalue weighted by atomic mass is 79.9. The van der Waals surface area contributed by atoms with Crippen LogP contribution < -0.4 is 0 Å². The molecule has 0 aliphatic carbocycles. The lowest BCUT2D eigenvalue weighted by atomic mass is 9.98. The Morgan fingerprint density at radius 3 is 2.91 bits per heavy atom. The Morgan fingerprint density at radius 2 is 2.14 bits per heavy atom. The number of carbonyl (C=O) groups excluding carboxylic acids is 1. The lowest BCUT2D eigenvalue weighted by Gasteiger charge is -2.30. The van der Waals surface area contributed by atoms with Gasteiger partial charge in [0.1, 0.15) is 6.54 Å². The highest BCUT2D eigenvalue weighted by Crippen LogP contribution is 2.22. The number of likely N-dealkylation sites (tertiary alicyclic amines) is 1. The van der Waals surface area contributed by atoms with Crippen LogP contribution in [0.25, 0.3) is 10.9 Å². The van der Waals surface area contributed by atoms with Crippen molar-refractivity contribution in [2.24, 2.45) is 5.92 Å². The van der Waals surface area contributed by atoms with E-state index >= 15 is 0 Å². The van der Waals surface area contributed by atoms with Gasteiger partial charge in [-0.15, -0.1) is 0 Å². The third kappa shape index (κ3) is 3.02. The predicted octanol–water partition coefficient (Wildman–Crippen LogP) is 2.73. The van der Waals surface area contributed by atoms with Gasteiger partial charge < -0.3 is 14.6 Å². The number of carbonyl (C=O) groups is 2. The Balaban J connectivity index is 1.74. The van der Waals surface area contributed by atoms with Gasteiger partial charge in [0.2, 0.25) is 5.91 Å². The van der Waals surface area contributed by atoms with E-state index in [1.165, 1.54) is 0 Å². The summed E-state index contributed by atoms with van der Waals surface area (Å²) < 4.78 is 2.92. The molecule has 6 heteroatoms. The molecule has 3 rings (SSSR count). The SMILES string of the molecule is O=C(O)[C@H]1CCCN(C(=O)Cn2ccc3cc(Br)ccc32)C1. The number of carboxylic acid groups (broad SMARTS) is 1. The molecular weight excluding hydrogens is 348 g/mol. The molecule has 1 aromatic heterocycles. The molecule has 0 radical (unpaired) electrons. The fourth-order valence-electron chi connectivity index (χ4n) is 2.96. The van der Waals surface area contributed by atoms with Crippen LogP contribution in [0.2, 0.25) is 0 Å². The number of rotatable bonds is 3. The molecule has 1 fully saturated rings. The Morgan fingerprint density at radius 1 is 1.32 bits per heavy atom. The van der Waals surface area contributed by atoms with Crippen molar-refractivity contribution < 1.29 is 14.7 Å². The number of carboxylic acids is 1. The lowest BCUT2D eigenvalue weighted by molar-refractivity contribution is -0.145. The molecule has 1 atom stereocenters. The molecule has 2 heterocycles. The Bertz CT molecular complexity index is 725. The van der Waals surface area contributed by atoms with E-state index in [-0.39, 0.29) is 12.5 Å². The van der Waals surface area contributed by atoms with Gasteiger partial charge in [0.05, 0.1) is 5.92 Å². The summed E-state index contributed by atoms with van der Waals surface area (Å²) in [6.45, 7) is 1.21. The Kier molecular flexibility index (Phi) is 4.20. The zero-order valence-corrected chi connectivity index (χ0v) is 13.6. The number of hydrogen-bond acceptors (Lipinski definition) is 2. The van der Waals surface area contributed by atoms with Crippen LogP contribution in [0.15, 0.2) is 34.9 Å². The molecule has 1 aliphatic heterocycles. The van der Waals surface area contributed by atoms with E-state index < -0.39 is 11.9 Å². The molecule has 0 saturated carbocycles. The average Bonchev–Trinajstić information content (AvgIpc) is 2.89. The van der Waals surface area contributed by atoms with E-state index in [0.29, 0.717) is 19.5 Å². The fraction of sp³-hybridized carbons (Fsp3) is 0.375. The lowest BCUT2D eigenvalue weighted by Crippen LogP contribution is -2.43. The second kappa shape index (κ2) is 6.12. The molecule has 1 saturated heterocycles. The fourth-order valence-corrected chi connectivity index (χ4v) is 3.34. The van der Waals surface area contributed by atoms with Gasteiger partial charge in [0, 0.05) is 34.7 Å². The smallest absolute Gasteiger partial charge is 0.308 e. The monoisotopic (exact) mass is 364 g/mol. The third-order valence-electron chi connectivity index (χ3n) is 4.16. The molecular formula is C16H17BrN2O3. The van der Waals surface area contributed by atoms with E-state index in [1.807, 2.05) is 35.0 Å². The van der Waals surface area contributed by atoms with Gasteiger partial charge in [-0.05, 0) is 37.1 Å².